The van der Waals surface area contributed by atoms with Crippen LogP contribution in [0.4, 0.5) is 11.4 Å². The molecule has 0 bridgehead atoms. The van der Waals surface area contributed by atoms with E-state index in [2.05, 4.69) is 51.8 Å². The number of anilines is 2. The minimum atomic E-state index is -0.135. The third kappa shape index (κ3) is 3.52. The van der Waals surface area contributed by atoms with E-state index in [1.807, 2.05) is 12.4 Å². The number of benzene rings is 1. The van der Waals surface area contributed by atoms with E-state index in [4.69, 9.17) is 9.73 Å². The number of piperidine rings is 1. The molecule has 6 rings (SSSR count). The number of pyridine rings is 1. The maximum atomic E-state index is 5.60. The van der Waals surface area contributed by atoms with E-state index < -0.39 is 0 Å². The lowest BCUT2D eigenvalue weighted by molar-refractivity contribution is 0.00212. The van der Waals surface area contributed by atoms with Gasteiger partial charge in [0.15, 0.2) is 6.17 Å². The molecule has 6 heteroatoms. The standard InChI is InChI=1S/C25H28N4OS/c1-17-12-20(29-7-3-25(4-8-29)5-9-30-10-6-25)13-19-15-27-24(28-23(17)19)21-14-18-2-11-31-22(18)16-26-21/h2,11-16,24,28H,3-10H2,1H3. The first kappa shape index (κ1) is 19.3. The predicted molar refractivity (Wildman–Crippen MR) is 129 cm³/mol. The Labute approximate surface area is 187 Å². The van der Waals surface area contributed by atoms with Crippen molar-refractivity contribution in [3.63, 3.8) is 0 Å². The Morgan fingerprint density at radius 2 is 1.97 bits per heavy atom. The summed E-state index contributed by atoms with van der Waals surface area (Å²) in [5.41, 5.74) is 6.43. The zero-order chi connectivity index (χ0) is 20.8. The van der Waals surface area contributed by atoms with Crippen molar-refractivity contribution in [1.29, 1.82) is 0 Å². The Kier molecular flexibility index (Phi) is 4.73. The van der Waals surface area contributed by atoms with Crippen LogP contribution < -0.4 is 10.2 Å². The fourth-order valence-corrected chi connectivity index (χ4v) is 6.07. The second-order valence-electron chi connectivity index (χ2n) is 9.22. The molecule has 160 valence electrons. The monoisotopic (exact) mass is 432 g/mol. The number of hydrogen-bond donors (Lipinski definition) is 1. The topological polar surface area (TPSA) is 49.8 Å². The van der Waals surface area contributed by atoms with Crippen molar-refractivity contribution in [2.75, 3.05) is 36.5 Å². The van der Waals surface area contributed by atoms with E-state index in [1.165, 1.54) is 58.3 Å². The van der Waals surface area contributed by atoms with Gasteiger partial charge in [-0.1, -0.05) is 0 Å². The summed E-state index contributed by atoms with van der Waals surface area (Å²) in [5, 5.41) is 6.97. The number of thiophene rings is 1. The summed E-state index contributed by atoms with van der Waals surface area (Å²) < 4.78 is 6.82. The molecule has 3 aromatic rings. The normalized spacial score (nSPS) is 22.5. The van der Waals surface area contributed by atoms with Crippen LogP contribution in [0.2, 0.25) is 0 Å². The molecule has 3 aliphatic heterocycles. The van der Waals surface area contributed by atoms with Crippen molar-refractivity contribution in [3.05, 3.63) is 52.7 Å². The van der Waals surface area contributed by atoms with Gasteiger partial charge in [0.25, 0.3) is 0 Å². The molecule has 1 atom stereocenters. The quantitative estimate of drug-likeness (QED) is 0.577. The highest BCUT2D eigenvalue weighted by molar-refractivity contribution is 7.17. The van der Waals surface area contributed by atoms with Gasteiger partial charge in [-0.3, -0.25) is 9.98 Å². The number of aryl methyl sites for hydroxylation is 1. The Morgan fingerprint density at radius 3 is 2.81 bits per heavy atom. The van der Waals surface area contributed by atoms with Crippen molar-refractivity contribution in [2.24, 2.45) is 10.4 Å². The minimum Gasteiger partial charge on any atom is -0.381 e. The number of aromatic nitrogens is 1. The number of fused-ring (bicyclic) bond motifs is 2. The van der Waals surface area contributed by atoms with Crippen molar-refractivity contribution in [2.45, 2.75) is 38.8 Å². The van der Waals surface area contributed by atoms with E-state index in [0.29, 0.717) is 5.41 Å². The molecule has 1 N–H and O–H groups in total. The van der Waals surface area contributed by atoms with Crippen LogP contribution in [0.25, 0.3) is 10.1 Å². The number of hydrogen-bond acceptors (Lipinski definition) is 6. The number of ether oxygens (including phenoxy) is 1. The van der Waals surface area contributed by atoms with Crippen LogP contribution in [-0.2, 0) is 4.74 Å². The van der Waals surface area contributed by atoms with Crippen LogP contribution in [0, 0.1) is 12.3 Å². The van der Waals surface area contributed by atoms with E-state index in [0.717, 1.165) is 32.0 Å². The van der Waals surface area contributed by atoms with E-state index in [-0.39, 0.29) is 6.17 Å². The van der Waals surface area contributed by atoms with E-state index in [1.54, 1.807) is 11.3 Å². The van der Waals surface area contributed by atoms with Gasteiger partial charge in [0.05, 0.1) is 10.4 Å². The molecular formula is C25H28N4OS. The Morgan fingerprint density at radius 1 is 1.13 bits per heavy atom. The first-order valence-corrected chi connectivity index (χ1v) is 12.2. The van der Waals surface area contributed by atoms with Gasteiger partial charge in [-0.15, -0.1) is 11.3 Å². The van der Waals surface area contributed by atoms with Gasteiger partial charge in [-0.05, 0) is 78.6 Å². The average Bonchev–Trinajstić information content (AvgIpc) is 3.28. The lowest BCUT2D eigenvalue weighted by Gasteiger charge is -2.45. The van der Waals surface area contributed by atoms with Crippen LogP contribution in [0.15, 0.2) is 40.8 Å². The molecule has 0 saturated carbocycles. The molecule has 5 heterocycles. The van der Waals surface area contributed by atoms with Gasteiger partial charge < -0.3 is 15.0 Å². The Hall–Kier alpha value is -2.44. The van der Waals surface area contributed by atoms with Crippen LogP contribution in [0.1, 0.15) is 48.7 Å². The molecule has 1 spiro atoms. The molecule has 3 aliphatic rings. The second-order valence-corrected chi connectivity index (χ2v) is 10.2. The maximum absolute atomic E-state index is 5.60. The van der Waals surface area contributed by atoms with Crippen molar-refractivity contribution in [3.8, 4) is 0 Å². The molecule has 5 nitrogen and oxygen atoms in total. The van der Waals surface area contributed by atoms with Crippen LogP contribution in [0.5, 0.6) is 0 Å². The first-order valence-electron chi connectivity index (χ1n) is 11.3. The third-order valence-corrected chi connectivity index (χ3v) is 8.25. The summed E-state index contributed by atoms with van der Waals surface area (Å²) in [4.78, 5) is 12.0. The average molecular weight is 433 g/mol. The molecule has 2 fully saturated rings. The van der Waals surface area contributed by atoms with Crippen LogP contribution >= 0.6 is 11.3 Å². The predicted octanol–water partition coefficient (Wildman–Crippen LogP) is 5.54. The van der Waals surface area contributed by atoms with E-state index in [9.17, 15) is 0 Å². The van der Waals surface area contributed by atoms with E-state index >= 15 is 0 Å². The summed E-state index contributed by atoms with van der Waals surface area (Å²) in [6.07, 6.45) is 8.86. The highest BCUT2D eigenvalue weighted by Crippen LogP contribution is 2.42. The molecule has 1 aromatic carbocycles. The lowest BCUT2D eigenvalue weighted by atomic mass is 9.72. The SMILES string of the molecule is Cc1cc(N2CCC3(CCOCC3)CC2)cc2c1NC(c1cc3ccsc3cn1)N=C2. The fourth-order valence-electron chi connectivity index (χ4n) is 5.33. The number of nitrogens with zero attached hydrogens (tertiary/aromatic N) is 3. The van der Waals surface area contributed by atoms with Crippen molar-refractivity contribution < 1.29 is 4.74 Å². The summed E-state index contributed by atoms with van der Waals surface area (Å²) in [5.74, 6) is 0. The fraction of sp³-hybridized carbons (Fsp3) is 0.440. The van der Waals surface area contributed by atoms with Crippen LogP contribution in [-0.4, -0.2) is 37.5 Å². The van der Waals surface area contributed by atoms with Gasteiger partial charge in [0.2, 0.25) is 0 Å². The minimum absolute atomic E-state index is 0.135. The number of rotatable bonds is 2. The smallest absolute Gasteiger partial charge is 0.161 e. The summed E-state index contributed by atoms with van der Waals surface area (Å²) in [7, 11) is 0. The molecule has 0 radical (unpaired) electrons. The molecule has 2 saturated heterocycles. The Bertz CT molecular complexity index is 1140. The molecule has 0 aliphatic carbocycles. The highest BCUT2D eigenvalue weighted by atomic mass is 32.1. The van der Waals surface area contributed by atoms with Gasteiger partial charge in [-0.25, -0.2) is 0 Å². The number of nitrogens with one attached hydrogen (secondary N) is 1. The number of aliphatic imine (C=N–C) groups is 1. The van der Waals surface area contributed by atoms with Crippen LogP contribution in [0.3, 0.4) is 0 Å². The van der Waals surface area contributed by atoms with Crippen molar-refractivity contribution >= 4 is 39.0 Å². The lowest BCUT2D eigenvalue weighted by Crippen LogP contribution is -2.43. The van der Waals surface area contributed by atoms with Crippen molar-refractivity contribution in [1.82, 2.24) is 4.98 Å². The van der Waals surface area contributed by atoms with Gasteiger partial charge in [-0.2, -0.15) is 0 Å². The highest BCUT2D eigenvalue weighted by Gasteiger charge is 2.36. The van der Waals surface area contributed by atoms with Gasteiger partial charge in [0, 0.05) is 55.7 Å². The molecule has 31 heavy (non-hydrogen) atoms. The summed E-state index contributed by atoms with van der Waals surface area (Å²) in [6.45, 7) is 6.35. The van der Waals surface area contributed by atoms with Gasteiger partial charge in [0.1, 0.15) is 0 Å². The second kappa shape index (κ2) is 7.61. The molecule has 0 amide bonds. The summed E-state index contributed by atoms with van der Waals surface area (Å²) in [6, 6.07) is 8.92. The molecule has 2 aromatic heterocycles. The maximum Gasteiger partial charge on any atom is 0.161 e. The molecular weight excluding hydrogens is 404 g/mol. The van der Waals surface area contributed by atoms with Gasteiger partial charge >= 0.3 is 0 Å². The third-order valence-electron chi connectivity index (χ3n) is 7.38. The zero-order valence-corrected chi connectivity index (χ0v) is 18.8. The summed E-state index contributed by atoms with van der Waals surface area (Å²) >= 11 is 1.72. The Balaban J connectivity index is 1.22. The zero-order valence-electron chi connectivity index (χ0n) is 17.9. The molecule has 1 unspecified atom stereocenters. The largest absolute Gasteiger partial charge is 0.381 e. The first-order chi connectivity index (χ1) is 15.2.